The zero-order valence-electron chi connectivity index (χ0n) is 9.86. The van der Waals surface area contributed by atoms with Gasteiger partial charge in [0.15, 0.2) is 0 Å². The normalized spacial score (nSPS) is 12.1. The molecule has 0 heterocycles. The van der Waals surface area contributed by atoms with Crippen LogP contribution in [-0.4, -0.2) is 18.6 Å². The smallest absolute Gasteiger partial charge is 0.0991 e. The zero-order valence-corrected chi connectivity index (χ0v) is 10.7. The maximum Gasteiger partial charge on any atom is 0.0991 e. The summed E-state index contributed by atoms with van der Waals surface area (Å²) in [6, 6.07) is 9.86. The molecule has 0 aliphatic carbocycles. The van der Waals surface area contributed by atoms with E-state index in [9.17, 15) is 0 Å². The number of nitriles is 1. The molecule has 0 fully saturated rings. The van der Waals surface area contributed by atoms with E-state index in [0.29, 0.717) is 5.92 Å². The summed E-state index contributed by atoms with van der Waals surface area (Å²) < 4.78 is 0. The average molecular weight is 234 g/mol. The largest absolute Gasteiger partial charge is 0.312 e. The number of thioether (sulfide) groups is 1. The molecule has 0 amide bonds. The molecule has 1 atom stereocenters. The molecule has 0 aliphatic heterocycles. The second kappa shape index (κ2) is 7.32. The van der Waals surface area contributed by atoms with E-state index in [-0.39, 0.29) is 0 Å². The quantitative estimate of drug-likeness (QED) is 0.822. The van der Waals surface area contributed by atoms with Crippen LogP contribution < -0.4 is 5.32 Å². The number of benzene rings is 1. The third-order valence-corrected chi connectivity index (χ3v) is 3.26. The highest BCUT2D eigenvalue weighted by Gasteiger charge is 2.00. The second-order valence-electron chi connectivity index (χ2n) is 4.00. The number of nitrogens with zero attached hydrogens (tertiary/aromatic N) is 1. The van der Waals surface area contributed by atoms with Gasteiger partial charge in [-0.3, -0.25) is 0 Å². The fourth-order valence-corrected chi connectivity index (χ4v) is 2.19. The van der Waals surface area contributed by atoms with Crippen LogP contribution in [0.3, 0.4) is 0 Å². The van der Waals surface area contributed by atoms with Gasteiger partial charge in [-0.05, 0) is 42.2 Å². The summed E-state index contributed by atoms with van der Waals surface area (Å²) in [6.45, 7) is 4.17. The molecule has 1 N–H and O–H groups in total. The topological polar surface area (TPSA) is 35.8 Å². The molecule has 2 nitrogen and oxygen atoms in total. The van der Waals surface area contributed by atoms with Gasteiger partial charge in [0.05, 0.1) is 11.6 Å². The summed E-state index contributed by atoms with van der Waals surface area (Å²) in [5.74, 6) is 1.90. The Bertz CT molecular complexity index is 340. The van der Waals surface area contributed by atoms with Gasteiger partial charge in [-0.25, -0.2) is 0 Å². The van der Waals surface area contributed by atoms with E-state index in [2.05, 4.69) is 24.6 Å². The predicted octanol–water partition coefficient (Wildman–Crippen LogP) is 2.65. The van der Waals surface area contributed by atoms with Gasteiger partial charge in [-0.1, -0.05) is 19.1 Å². The molecule has 0 spiro atoms. The Kier molecular flexibility index (Phi) is 5.99. The lowest BCUT2D eigenvalue weighted by Crippen LogP contribution is -2.21. The van der Waals surface area contributed by atoms with Gasteiger partial charge in [0.25, 0.3) is 0 Å². The van der Waals surface area contributed by atoms with Gasteiger partial charge >= 0.3 is 0 Å². The molecular formula is C13H18N2S. The molecule has 0 aromatic heterocycles. The van der Waals surface area contributed by atoms with Crippen molar-refractivity contribution in [2.24, 2.45) is 5.92 Å². The van der Waals surface area contributed by atoms with Gasteiger partial charge in [-0.15, -0.1) is 0 Å². The zero-order chi connectivity index (χ0) is 11.8. The summed E-state index contributed by atoms with van der Waals surface area (Å²) in [6.07, 6.45) is 2.14. The van der Waals surface area contributed by atoms with E-state index in [0.717, 1.165) is 18.7 Å². The highest BCUT2D eigenvalue weighted by molar-refractivity contribution is 7.98. The Morgan fingerprint density at radius 3 is 2.62 bits per heavy atom. The summed E-state index contributed by atoms with van der Waals surface area (Å²) >= 11 is 1.88. The molecule has 1 aromatic carbocycles. The van der Waals surface area contributed by atoms with Crippen LogP contribution in [0.15, 0.2) is 24.3 Å². The predicted molar refractivity (Wildman–Crippen MR) is 70.4 cm³/mol. The van der Waals surface area contributed by atoms with Crippen molar-refractivity contribution in [2.45, 2.75) is 13.5 Å². The third-order valence-electron chi connectivity index (χ3n) is 2.36. The third kappa shape index (κ3) is 4.69. The number of hydrogen-bond donors (Lipinski definition) is 1. The minimum Gasteiger partial charge on any atom is -0.312 e. The molecule has 86 valence electrons. The Balaban J connectivity index is 2.29. The van der Waals surface area contributed by atoms with Crippen LogP contribution in [0, 0.1) is 17.2 Å². The first-order chi connectivity index (χ1) is 7.76. The molecule has 3 heteroatoms. The van der Waals surface area contributed by atoms with Crippen LogP contribution >= 0.6 is 11.8 Å². The Hall–Kier alpha value is -0.980. The number of rotatable bonds is 6. The van der Waals surface area contributed by atoms with Crippen LogP contribution in [-0.2, 0) is 6.54 Å². The minimum absolute atomic E-state index is 0.702. The van der Waals surface area contributed by atoms with Crippen molar-refractivity contribution in [2.75, 3.05) is 18.6 Å². The monoisotopic (exact) mass is 234 g/mol. The second-order valence-corrected chi connectivity index (χ2v) is 4.91. The lowest BCUT2D eigenvalue weighted by Gasteiger charge is -2.11. The van der Waals surface area contributed by atoms with Crippen LogP contribution in [0.5, 0.6) is 0 Å². The van der Waals surface area contributed by atoms with Crippen molar-refractivity contribution in [3.63, 3.8) is 0 Å². The van der Waals surface area contributed by atoms with Crippen molar-refractivity contribution >= 4 is 11.8 Å². The lowest BCUT2D eigenvalue weighted by atomic mass is 10.1. The highest BCUT2D eigenvalue weighted by Crippen LogP contribution is 2.05. The van der Waals surface area contributed by atoms with Gasteiger partial charge in [0.1, 0.15) is 0 Å². The van der Waals surface area contributed by atoms with Crippen molar-refractivity contribution < 1.29 is 0 Å². The van der Waals surface area contributed by atoms with Gasteiger partial charge in [0, 0.05) is 6.54 Å². The molecule has 16 heavy (non-hydrogen) atoms. The first kappa shape index (κ1) is 13.1. The molecule has 0 radical (unpaired) electrons. The Morgan fingerprint density at radius 1 is 1.38 bits per heavy atom. The minimum atomic E-state index is 0.702. The van der Waals surface area contributed by atoms with E-state index in [1.807, 2.05) is 36.0 Å². The summed E-state index contributed by atoms with van der Waals surface area (Å²) in [7, 11) is 0. The first-order valence-electron chi connectivity index (χ1n) is 5.45. The molecule has 1 rings (SSSR count). The molecule has 0 saturated carbocycles. The molecule has 0 bridgehead atoms. The van der Waals surface area contributed by atoms with Crippen LogP contribution in [0.25, 0.3) is 0 Å². The lowest BCUT2D eigenvalue weighted by molar-refractivity contribution is 0.559. The summed E-state index contributed by atoms with van der Waals surface area (Å²) in [5.41, 5.74) is 1.95. The van der Waals surface area contributed by atoms with Gasteiger partial charge in [0.2, 0.25) is 0 Å². The molecule has 1 aromatic rings. The highest BCUT2D eigenvalue weighted by atomic mass is 32.2. The van der Waals surface area contributed by atoms with Crippen molar-refractivity contribution in [1.29, 1.82) is 5.26 Å². The summed E-state index contributed by atoms with van der Waals surface area (Å²) in [5, 5.41) is 12.1. The van der Waals surface area contributed by atoms with Crippen molar-refractivity contribution in [3.05, 3.63) is 35.4 Å². The first-order valence-corrected chi connectivity index (χ1v) is 6.84. The summed E-state index contributed by atoms with van der Waals surface area (Å²) in [4.78, 5) is 0. The van der Waals surface area contributed by atoms with Gasteiger partial charge < -0.3 is 5.32 Å². The molecular weight excluding hydrogens is 216 g/mol. The Labute approximate surface area is 102 Å². The number of nitrogens with one attached hydrogen (secondary N) is 1. The average Bonchev–Trinajstić information content (AvgIpc) is 2.30. The van der Waals surface area contributed by atoms with Gasteiger partial charge in [-0.2, -0.15) is 17.0 Å². The van der Waals surface area contributed by atoms with Crippen LogP contribution in [0.4, 0.5) is 0 Å². The Morgan fingerprint density at radius 2 is 2.06 bits per heavy atom. The van der Waals surface area contributed by atoms with E-state index in [1.165, 1.54) is 11.3 Å². The van der Waals surface area contributed by atoms with Crippen LogP contribution in [0.1, 0.15) is 18.1 Å². The van der Waals surface area contributed by atoms with Crippen molar-refractivity contribution in [3.8, 4) is 6.07 Å². The standard InChI is InChI=1S/C13H18N2S/c1-11(10-16-2)8-15-9-13-5-3-12(7-14)4-6-13/h3-6,11,15H,8-10H2,1-2H3. The maximum atomic E-state index is 8.67. The fourth-order valence-electron chi connectivity index (χ4n) is 1.50. The van der Waals surface area contributed by atoms with E-state index < -0.39 is 0 Å². The number of hydrogen-bond acceptors (Lipinski definition) is 3. The SMILES string of the molecule is CSCC(C)CNCc1ccc(C#N)cc1. The fraction of sp³-hybridized carbons (Fsp3) is 0.462. The molecule has 0 saturated heterocycles. The van der Waals surface area contributed by atoms with Crippen molar-refractivity contribution in [1.82, 2.24) is 5.32 Å². The molecule has 1 unspecified atom stereocenters. The van der Waals surface area contributed by atoms with Crippen LogP contribution in [0.2, 0.25) is 0 Å². The maximum absolute atomic E-state index is 8.67. The van der Waals surface area contributed by atoms with E-state index >= 15 is 0 Å². The van der Waals surface area contributed by atoms with E-state index in [1.54, 1.807) is 0 Å². The molecule has 0 aliphatic rings. The van der Waals surface area contributed by atoms with E-state index in [4.69, 9.17) is 5.26 Å².